The second-order valence-corrected chi connectivity index (χ2v) is 7.41. The molecule has 154 valence electrons. The lowest BCUT2D eigenvalue weighted by molar-refractivity contribution is 0.0938. The van der Waals surface area contributed by atoms with E-state index in [9.17, 15) is 4.79 Å². The number of rotatable bonds is 4. The van der Waals surface area contributed by atoms with Crippen molar-refractivity contribution in [3.63, 3.8) is 0 Å². The van der Waals surface area contributed by atoms with Gasteiger partial charge in [0.2, 0.25) is 0 Å². The number of amides is 1. The van der Waals surface area contributed by atoms with Crippen molar-refractivity contribution in [2.75, 3.05) is 5.32 Å². The van der Waals surface area contributed by atoms with E-state index in [2.05, 4.69) is 21.3 Å². The summed E-state index contributed by atoms with van der Waals surface area (Å²) < 4.78 is 1.72. The van der Waals surface area contributed by atoms with Crippen molar-refractivity contribution in [1.29, 1.82) is 0 Å². The van der Waals surface area contributed by atoms with Crippen molar-refractivity contribution >= 4 is 40.5 Å². The predicted octanol–water partition coefficient (Wildman–Crippen LogP) is 4.82. The highest BCUT2D eigenvalue weighted by Gasteiger charge is 2.17. The zero-order valence-corrected chi connectivity index (χ0v) is 17.8. The highest BCUT2D eigenvalue weighted by Crippen LogP contribution is 2.25. The molecule has 8 heteroatoms. The maximum absolute atomic E-state index is 12.7. The second kappa shape index (κ2) is 9.42. The smallest absolute Gasteiger partial charge is 0.290 e. The molecule has 1 amide bonds. The molecule has 0 saturated heterocycles. The summed E-state index contributed by atoms with van der Waals surface area (Å²) in [5.74, 6) is -0.415. The molecule has 4 aromatic rings. The normalized spacial score (nSPS) is 10.4. The maximum atomic E-state index is 12.7. The van der Waals surface area contributed by atoms with E-state index in [4.69, 9.17) is 23.8 Å². The fourth-order valence-corrected chi connectivity index (χ4v) is 3.24. The van der Waals surface area contributed by atoms with Crippen LogP contribution in [0.1, 0.15) is 10.5 Å². The van der Waals surface area contributed by atoms with Crippen LogP contribution in [0.25, 0.3) is 16.9 Å². The number of nitrogens with zero attached hydrogens (tertiary/aromatic N) is 2. The van der Waals surface area contributed by atoms with Crippen molar-refractivity contribution in [3.8, 4) is 16.9 Å². The van der Waals surface area contributed by atoms with Crippen molar-refractivity contribution in [2.24, 2.45) is 0 Å². The second-order valence-electron chi connectivity index (χ2n) is 6.57. The Hall–Kier alpha value is -3.68. The van der Waals surface area contributed by atoms with Crippen LogP contribution in [0.15, 0.2) is 91.0 Å². The van der Waals surface area contributed by atoms with E-state index >= 15 is 0 Å². The highest BCUT2D eigenvalue weighted by atomic mass is 35.5. The number of carbonyl (C=O) groups is 1. The Balaban J connectivity index is 1.54. The Bertz CT molecular complexity index is 1190. The Morgan fingerprint density at radius 2 is 1.52 bits per heavy atom. The zero-order chi connectivity index (χ0) is 21.6. The number of hydrazine groups is 1. The summed E-state index contributed by atoms with van der Waals surface area (Å²) >= 11 is 11.3. The van der Waals surface area contributed by atoms with Gasteiger partial charge in [0.25, 0.3) is 5.91 Å². The van der Waals surface area contributed by atoms with Gasteiger partial charge in [-0.1, -0.05) is 60.1 Å². The van der Waals surface area contributed by atoms with E-state index in [1.807, 2.05) is 72.8 Å². The molecule has 0 radical (unpaired) electrons. The number of carbonyl (C=O) groups excluding carboxylic acids is 1. The van der Waals surface area contributed by atoms with E-state index in [0.717, 1.165) is 22.6 Å². The van der Waals surface area contributed by atoms with Gasteiger partial charge in [-0.3, -0.25) is 15.6 Å². The van der Waals surface area contributed by atoms with Crippen LogP contribution in [0.5, 0.6) is 0 Å². The van der Waals surface area contributed by atoms with Gasteiger partial charge < -0.3 is 5.32 Å². The summed E-state index contributed by atoms with van der Waals surface area (Å²) in [6.07, 6.45) is 0. The summed E-state index contributed by atoms with van der Waals surface area (Å²) in [5.41, 5.74) is 8.81. The predicted molar refractivity (Wildman–Crippen MR) is 127 cm³/mol. The van der Waals surface area contributed by atoms with Crippen molar-refractivity contribution < 1.29 is 4.79 Å². The number of hydrogen-bond donors (Lipinski definition) is 3. The summed E-state index contributed by atoms with van der Waals surface area (Å²) in [6, 6.07) is 28.1. The number of nitrogens with one attached hydrogen (secondary N) is 3. The average Bonchev–Trinajstić information content (AvgIpc) is 3.25. The molecule has 0 unspecified atom stereocenters. The van der Waals surface area contributed by atoms with Crippen LogP contribution in [-0.4, -0.2) is 20.8 Å². The molecule has 0 spiro atoms. The van der Waals surface area contributed by atoms with Gasteiger partial charge in [-0.25, -0.2) is 4.68 Å². The number of halogens is 1. The van der Waals surface area contributed by atoms with Gasteiger partial charge in [-0.15, -0.1) is 0 Å². The first-order chi connectivity index (χ1) is 15.1. The van der Waals surface area contributed by atoms with Crippen LogP contribution in [0, 0.1) is 0 Å². The van der Waals surface area contributed by atoms with Gasteiger partial charge in [-0.05, 0) is 54.7 Å². The largest absolute Gasteiger partial charge is 0.331 e. The molecule has 0 bridgehead atoms. The molecular weight excluding hydrogens is 430 g/mol. The van der Waals surface area contributed by atoms with Crippen LogP contribution >= 0.6 is 23.8 Å². The summed E-state index contributed by atoms with van der Waals surface area (Å²) in [6.45, 7) is 0. The van der Waals surface area contributed by atoms with Crippen molar-refractivity contribution in [2.45, 2.75) is 0 Å². The van der Waals surface area contributed by atoms with Crippen LogP contribution in [0.2, 0.25) is 5.02 Å². The summed E-state index contributed by atoms with van der Waals surface area (Å²) in [7, 11) is 0. The number of hydrogen-bond acceptors (Lipinski definition) is 3. The third kappa shape index (κ3) is 5.09. The third-order valence-electron chi connectivity index (χ3n) is 4.40. The number of anilines is 1. The van der Waals surface area contributed by atoms with E-state index < -0.39 is 5.91 Å². The molecule has 3 aromatic carbocycles. The minimum absolute atomic E-state index is 0.240. The molecule has 6 nitrogen and oxygen atoms in total. The molecule has 0 aliphatic rings. The van der Waals surface area contributed by atoms with E-state index in [1.165, 1.54) is 0 Å². The van der Waals surface area contributed by atoms with Gasteiger partial charge in [0.15, 0.2) is 10.8 Å². The molecule has 3 N–H and O–H groups in total. The molecule has 31 heavy (non-hydrogen) atoms. The van der Waals surface area contributed by atoms with Crippen molar-refractivity contribution in [3.05, 3.63) is 102 Å². The third-order valence-corrected chi connectivity index (χ3v) is 4.86. The van der Waals surface area contributed by atoms with Crippen LogP contribution in [0.4, 0.5) is 5.69 Å². The topological polar surface area (TPSA) is 71.0 Å². The maximum Gasteiger partial charge on any atom is 0.290 e. The lowest BCUT2D eigenvalue weighted by Gasteiger charge is -2.10. The first kappa shape index (κ1) is 20.6. The number of benzene rings is 3. The Morgan fingerprint density at radius 1 is 0.871 bits per heavy atom. The Labute approximate surface area is 189 Å². The van der Waals surface area contributed by atoms with E-state index in [0.29, 0.717) is 5.02 Å². The minimum atomic E-state index is -0.415. The number of para-hydroxylation sites is 2. The van der Waals surface area contributed by atoms with E-state index in [-0.39, 0.29) is 10.8 Å². The lowest BCUT2D eigenvalue weighted by Crippen LogP contribution is -2.43. The van der Waals surface area contributed by atoms with E-state index in [1.54, 1.807) is 22.9 Å². The molecule has 1 heterocycles. The Kier molecular flexibility index (Phi) is 6.26. The van der Waals surface area contributed by atoms with Gasteiger partial charge in [-0.2, -0.15) is 5.10 Å². The molecular formula is C23H18ClN5OS. The number of aromatic nitrogens is 2. The van der Waals surface area contributed by atoms with Gasteiger partial charge in [0, 0.05) is 16.3 Å². The molecule has 0 aliphatic heterocycles. The first-order valence-corrected chi connectivity index (χ1v) is 10.2. The fourth-order valence-electron chi connectivity index (χ4n) is 2.95. The first-order valence-electron chi connectivity index (χ1n) is 9.44. The summed E-state index contributed by atoms with van der Waals surface area (Å²) in [5, 5.41) is 8.40. The molecule has 0 saturated carbocycles. The average molecular weight is 448 g/mol. The molecule has 0 atom stereocenters. The summed E-state index contributed by atoms with van der Waals surface area (Å²) in [4.78, 5) is 12.7. The van der Waals surface area contributed by atoms with Crippen LogP contribution in [-0.2, 0) is 0 Å². The van der Waals surface area contributed by atoms with Gasteiger partial charge in [0.1, 0.15) is 0 Å². The highest BCUT2D eigenvalue weighted by molar-refractivity contribution is 7.80. The van der Waals surface area contributed by atoms with Crippen molar-refractivity contribution in [1.82, 2.24) is 20.6 Å². The lowest BCUT2D eigenvalue weighted by atomic mass is 10.1. The Morgan fingerprint density at radius 3 is 2.19 bits per heavy atom. The zero-order valence-electron chi connectivity index (χ0n) is 16.2. The molecule has 1 aromatic heterocycles. The quantitative estimate of drug-likeness (QED) is 0.309. The van der Waals surface area contributed by atoms with Crippen LogP contribution in [0.3, 0.4) is 0 Å². The molecule has 0 aliphatic carbocycles. The number of thiocarbonyl (C=S) groups is 1. The molecule has 0 fully saturated rings. The SMILES string of the molecule is O=C(NNC(=S)Nc1ccccc1)c1cc(-c2ccc(Cl)cc2)n(-c2ccccc2)n1. The fraction of sp³-hybridized carbons (Fsp3) is 0. The van der Waals surface area contributed by atoms with Gasteiger partial charge >= 0.3 is 0 Å². The molecule has 4 rings (SSSR count). The standard InChI is InChI=1S/C23H18ClN5OS/c24-17-13-11-16(12-14-17)21-15-20(28-29(21)19-9-5-2-6-10-19)22(30)26-27-23(31)25-18-7-3-1-4-8-18/h1-15H,(H,26,30)(H2,25,27,31). The van der Waals surface area contributed by atoms with Crippen LogP contribution < -0.4 is 16.2 Å². The minimum Gasteiger partial charge on any atom is -0.331 e. The monoisotopic (exact) mass is 447 g/mol. The van der Waals surface area contributed by atoms with Gasteiger partial charge in [0.05, 0.1) is 11.4 Å².